The number of carbonyl (C=O) groups excluding carboxylic acids is 1. The third-order valence-corrected chi connectivity index (χ3v) is 3.79. The zero-order valence-corrected chi connectivity index (χ0v) is 9.37. The lowest BCUT2D eigenvalue weighted by molar-refractivity contribution is -0.124. The number of hydrogen-bond acceptors (Lipinski definition) is 4. The quantitative estimate of drug-likeness (QED) is 0.563. The van der Waals surface area contributed by atoms with Gasteiger partial charge in [-0.05, 0) is 19.3 Å². The summed E-state index contributed by atoms with van der Waals surface area (Å²) >= 11 is 0. The predicted octanol–water partition coefficient (Wildman–Crippen LogP) is -1.02. The molecule has 5 nitrogen and oxygen atoms in total. The predicted molar refractivity (Wildman–Crippen MR) is 59.1 cm³/mol. The Morgan fingerprint density at radius 2 is 2.25 bits per heavy atom. The second-order valence-electron chi connectivity index (χ2n) is 4.94. The average Bonchev–Trinajstić information content (AvgIpc) is 2.92. The Kier molecular flexibility index (Phi) is 2.83. The van der Waals surface area contributed by atoms with Gasteiger partial charge in [-0.25, -0.2) is 0 Å². The summed E-state index contributed by atoms with van der Waals surface area (Å²) in [5, 5.41) is 9.56. The van der Waals surface area contributed by atoms with Crippen LogP contribution in [-0.2, 0) is 9.53 Å². The summed E-state index contributed by atoms with van der Waals surface area (Å²) < 4.78 is 5.72. The molecule has 3 aliphatic rings. The molecule has 16 heavy (non-hydrogen) atoms. The molecule has 0 radical (unpaired) electrons. The molecule has 0 saturated carbocycles. The van der Waals surface area contributed by atoms with E-state index in [1.165, 1.54) is 6.42 Å². The molecule has 3 heterocycles. The molecule has 0 aromatic carbocycles. The van der Waals surface area contributed by atoms with Crippen molar-refractivity contribution in [2.24, 2.45) is 0 Å². The van der Waals surface area contributed by atoms with Crippen molar-refractivity contribution in [2.45, 2.75) is 43.6 Å². The Hall–Kier alpha value is -0.650. The van der Waals surface area contributed by atoms with Gasteiger partial charge in [0, 0.05) is 19.6 Å². The second-order valence-corrected chi connectivity index (χ2v) is 4.94. The Balaban J connectivity index is 1.52. The molecule has 0 aliphatic carbocycles. The number of piperazine rings is 1. The molecule has 0 aromatic rings. The summed E-state index contributed by atoms with van der Waals surface area (Å²) in [6.07, 6.45) is 3.93. The van der Waals surface area contributed by atoms with Gasteiger partial charge in [0.25, 0.3) is 0 Å². The first-order valence-corrected chi connectivity index (χ1v) is 6.23. The van der Waals surface area contributed by atoms with E-state index < -0.39 is 0 Å². The van der Waals surface area contributed by atoms with Crippen molar-refractivity contribution in [2.75, 3.05) is 19.6 Å². The lowest BCUT2D eigenvalue weighted by Gasteiger charge is -2.27. The van der Waals surface area contributed by atoms with Gasteiger partial charge in [-0.2, -0.15) is 0 Å². The first kappa shape index (κ1) is 10.5. The maximum Gasteiger partial charge on any atom is 0.238 e. The number of rotatable bonds is 2. The molecule has 90 valence electrons. The van der Waals surface area contributed by atoms with Crippen molar-refractivity contribution in [3.63, 3.8) is 0 Å². The second kappa shape index (κ2) is 4.31. The van der Waals surface area contributed by atoms with Crippen molar-refractivity contribution in [3.8, 4) is 0 Å². The molecule has 0 aromatic heterocycles. The van der Waals surface area contributed by atoms with E-state index in [9.17, 15) is 4.79 Å². The smallest absolute Gasteiger partial charge is 0.238 e. The third-order valence-electron chi connectivity index (χ3n) is 3.79. The molecule has 3 rings (SSSR count). The van der Waals surface area contributed by atoms with Gasteiger partial charge < -0.3 is 20.7 Å². The summed E-state index contributed by atoms with van der Waals surface area (Å²) in [6, 6.07) is 0.169. The summed E-state index contributed by atoms with van der Waals surface area (Å²) in [4.78, 5) is 12.0. The van der Waals surface area contributed by atoms with Crippen LogP contribution in [0.3, 0.4) is 0 Å². The summed E-state index contributed by atoms with van der Waals surface area (Å²) in [6.45, 7) is 2.54. The highest BCUT2D eigenvalue weighted by molar-refractivity contribution is 5.82. The summed E-state index contributed by atoms with van der Waals surface area (Å²) in [5.41, 5.74) is 0. The topological polar surface area (TPSA) is 62.4 Å². The van der Waals surface area contributed by atoms with Crippen LogP contribution in [0, 0.1) is 0 Å². The fraction of sp³-hybridized carbons (Fsp3) is 0.909. The van der Waals surface area contributed by atoms with E-state index >= 15 is 0 Å². The highest BCUT2D eigenvalue weighted by atomic mass is 16.5. The van der Waals surface area contributed by atoms with Crippen molar-refractivity contribution < 1.29 is 9.53 Å². The van der Waals surface area contributed by atoms with E-state index in [-0.39, 0.29) is 24.1 Å². The number of amides is 1. The zero-order valence-electron chi connectivity index (χ0n) is 9.37. The van der Waals surface area contributed by atoms with Crippen LogP contribution in [0.25, 0.3) is 0 Å². The molecule has 3 aliphatic heterocycles. The van der Waals surface area contributed by atoms with Crippen LogP contribution in [0.5, 0.6) is 0 Å². The van der Waals surface area contributed by atoms with Gasteiger partial charge in [-0.15, -0.1) is 0 Å². The fourth-order valence-corrected chi connectivity index (χ4v) is 2.91. The Morgan fingerprint density at radius 3 is 2.88 bits per heavy atom. The third kappa shape index (κ3) is 1.95. The minimum Gasteiger partial charge on any atom is -0.373 e. The van der Waals surface area contributed by atoms with E-state index in [1.54, 1.807) is 0 Å². The molecule has 5 heteroatoms. The van der Waals surface area contributed by atoms with Gasteiger partial charge in [0.05, 0.1) is 24.3 Å². The normalized spacial score (nSPS) is 42.2. The van der Waals surface area contributed by atoms with E-state index in [4.69, 9.17) is 4.74 Å². The largest absolute Gasteiger partial charge is 0.373 e. The molecule has 4 atom stereocenters. The molecule has 2 bridgehead atoms. The SMILES string of the molecule is O=C(NC1CC2CCC1O2)C1CNCCN1. The molecule has 4 unspecified atom stereocenters. The van der Waals surface area contributed by atoms with Gasteiger partial charge in [-0.1, -0.05) is 0 Å². The summed E-state index contributed by atoms with van der Waals surface area (Å²) in [5.74, 6) is 0.119. The van der Waals surface area contributed by atoms with Crippen molar-refractivity contribution in [1.82, 2.24) is 16.0 Å². The monoisotopic (exact) mass is 225 g/mol. The molecular weight excluding hydrogens is 206 g/mol. The zero-order chi connectivity index (χ0) is 11.0. The molecule has 3 fully saturated rings. The van der Waals surface area contributed by atoms with E-state index in [0.717, 1.165) is 32.5 Å². The first-order chi connectivity index (χ1) is 7.83. The molecule has 1 amide bonds. The van der Waals surface area contributed by atoms with Crippen molar-refractivity contribution in [1.29, 1.82) is 0 Å². The van der Waals surface area contributed by atoms with E-state index in [1.807, 2.05) is 0 Å². The fourth-order valence-electron chi connectivity index (χ4n) is 2.91. The van der Waals surface area contributed by atoms with Crippen molar-refractivity contribution >= 4 is 5.91 Å². The van der Waals surface area contributed by atoms with Crippen LogP contribution < -0.4 is 16.0 Å². The maximum absolute atomic E-state index is 12.0. The minimum atomic E-state index is -0.0760. The molecule has 3 saturated heterocycles. The summed E-state index contributed by atoms with van der Waals surface area (Å²) in [7, 11) is 0. The van der Waals surface area contributed by atoms with Gasteiger partial charge in [-0.3, -0.25) is 4.79 Å². The van der Waals surface area contributed by atoms with Crippen molar-refractivity contribution in [3.05, 3.63) is 0 Å². The number of ether oxygens (including phenoxy) is 1. The number of fused-ring (bicyclic) bond motifs is 2. The minimum absolute atomic E-state index is 0.0760. The molecular formula is C11H19N3O2. The standard InChI is InChI=1S/C11H19N3O2/c15-11(9-6-12-3-4-13-9)14-8-5-7-1-2-10(8)16-7/h7-10,12-13H,1-6H2,(H,14,15). The van der Waals surface area contributed by atoms with Crippen LogP contribution in [0.2, 0.25) is 0 Å². The van der Waals surface area contributed by atoms with Gasteiger partial charge >= 0.3 is 0 Å². The number of carbonyl (C=O) groups is 1. The molecule has 0 spiro atoms. The molecule has 3 N–H and O–H groups in total. The Bertz CT molecular complexity index is 278. The first-order valence-electron chi connectivity index (χ1n) is 6.23. The van der Waals surface area contributed by atoms with Crippen LogP contribution >= 0.6 is 0 Å². The van der Waals surface area contributed by atoms with Gasteiger partial charge in [0.1, 0.15) is 0 Å². The highest BCUT2D eigenvalue weighted by Crippen LogP contribution is 2.34. The lowest BCUT2D eigenvalue weighted by atomic mass is 9.95. The highest BCUT2D eigenvalue weighted by Gasteiger charge is 2.41. The van der Waals surface area contributed by atoms with Crippen LogP contribution in [-0.4, -0.2) is 49.8 Å². The lowest BCUT2D eigenvalue weighted by Crippen LogP contribution is -2.58. The van der Waals surface area contributed by atoms with Crippen LogP contribution in [0.4, 0.5) is 0 Å². The van der Waals surface area contributed by atoms with E-state index in [2.05, 4.69) is 16.0 Å². The van der Waals surface area contributed by atoms with E-state index in [0.29, 0.717) is 6.10 Å². The number of nitrogens with one attached hydrogen (secondary N) is 3. The van der Waals surface area contributed by atoms with Gasteiger partial charge in [0.15, 0.2) is 0 Å². The van der Waals surface area contributed by atoms with Gasteiger partial charge in [0.2, 0.25) is 5.91 Å². The maximum atomic E-state index is 12.0. The average molecular weight is 225 g/mol. The Morgan fingerprint density at radius 1 is 1.31 bits per heavy atom. The Labute approximate surface area is 95.3 Å². The number of hydrogen-bond donors (Lipinski definition) is 3. The van der Waals surface area contributed by atoms with Crippen LogP contribution in [0.15, 0.2) is 0 Å². The van der Waals surface area contributed by atoms with Crippen LogP contribution in [0.1, 0.15) is 19.3 Å².